The lowest BCUT2D eigenvalue weighted by molar-refractivity contribution is 0.0868. The number of piperidine rings is 1. The van der Waals surface area contributed by atoms with E-state index in [0.717, 1.165) is 31.9 Å². The fraction of sp³-hybridized carbons (Fsp3) is 0.615. The number of halogens is 1. The first-order chi connectivity index (χ1) is 8.69. The van der Waals surface area contributed by atoms with Gasteiger partial charge in [-0.3, -0.25) is 4.90 Å². The van der Waals surface area contributed by atoms with Crippen LogP contribution in [0.1, 0.15) is 18.5 Å². The highest BCUT2D eigenvalue weighted by Crippen LogP contribution is 2.22. The summed E-state index contributed by atoms with van der Waals surface area (Å²) in [6, 6.07) is 3.55. The molecular weight excluding hydrogens is 250 g/mol. The Morgan fingerprint density at radius 3 is 3.17 bits per heavy atom. The van der Waals surface area contributed by atoms with Crippen molar-refractivity contribution in [3.05, 3.63) is 22.8 Å². The van der Waals surface area contributed by atoms with Crippen molar-refractivity contribution in [3.63, 3.8) is 0 Å². The van der Waals surface area contributed by atoms with Gasteiger partial charge in [0.25, 0.3) is 0 Å². The standard InChI is InChI=1S/C13H20ClN3O/c1-18-9-10-3-2-6-17(7-10)8-12-11(14)4-5-13(15)16-12/h4-5,10H,2-3,6-9H2,1H3,(H2,15,16). The molecule has 2 heterocycles. The molecule has 1 aromatic heterocycles. The smallest absolute Gasteiger partial charge is 0.123 e. The molecule has 1 fully saturated rings. The number of hydrogen-bond acceptors (Lipinski definition) is 4. The first-order valence-corrected chi connectivity index (χ1v) is 6.69. The van der Waals surface area contributed by atoms with Crippen LogP contribution in [0.3, 0.4) is 0 Å². The average molecular weight is 270 g/mol. The summed E-state index contributed by atoms with van der Waals surface area (Å²) in [4.78, 5) is 6.69. The number of anilines is 1. The van der Waals surface area contributed by atoms with E-state index < -0.39 is 0 Å². The molecule has 1 unspecified atom stereocenters. The molecule has 100 valence electrons. The second-order valence-corrected chi connectivity index (χ2v) is 5.27. The van der Waals surface area contributed by atoms with Crippen LogP contribution >= 0.6 is 11.6 Å². The van der Waals surface area contributed by atoms with E-state index in [1.807, 2.05) is 6.07 Å². The van der Waals surface area contributed by atoms with Crippen LogP contribution in [0, 0.1) is 5.92 Å². The number of nitrogen functional groups attached to an aromatic ring is 1. The van der Waals surface area contributed by atoms with Crippen molar-refractivity contribution in [2.75, 3.05) is 32.5 Å². The Morgan fingerprint density at radius 2 is 2.39 bits per heavy atom. The first kappa shape index (κ1) is 13.6. The lowest BCUT2D eigenvalue weighted by Gasteiger charge is -2.32. The van der Waals surface area contributed by atoms with E-state index in [1.165, 1.54) is 12.8 Å². The molecule has 1 aliphatic heterocycles. The maximum atomic E-state index is 6.14. The highest BCUT2D eigenvalue weighted by molar-refractivity contribution is 6.31. The normalized spacial score (nSPS) is 21.1. The van der Waals surface area contributed by atoms with Crippen molar-refractivity contribution in [2.24, 2.45) is 5.92 Å². The third kappa shape index (κ3) is 3.57. The van der Waals surface area contributed by atoms with Crippen LogP contribution in [0.15, 0.2) is 12.1 Å². The molecule has 0 amide bonds. The molecule has 0 saturated carbocycles. The molecule has 4 nitrogen and oxygen atoms in total. The quantitative estimate of drug-likeness (QED) is 0.910. The second kappa shape index (κ2) is 6.36. The van der Waals surface area contributed by atoms with Crippen molar-refractivity contribution in [1.82, 2.24) is 9.88 Å². The summed E-state index contributed by atoms with van der Waals surface area (Å²) in [5.41, 5.74) is 6.57. The first-order valence-electron chi connectivity index (χ1n) is 6.31. The summed E-state index contributed by atoms with van der Waals surface area (Å²) in [5, 5.41) is 0.693. The van der Waals surface area contributed by atoms with Crippen molar-refractivity contribution in [2.45, 2.75) is 19.4 Å². The number of nitrogens with zero attached hydrogens (tertiary/aromatic N) is 2. The van der Waals surface area contributed by atoms with Gasteiger partial charge in [0.15, 0.2) is 0 Å². The van der Waals surface area contributed by atoms with E-state index >= 15 is 0 Å². The van der Waals surface area contributed by atoms with Gasteiger partial charge in [-0.05, 0) is 37.4 Å². The Kier molecular flexibility index (Phi) is 4.80. The van der Waals surface area contributed by atoms with Crippen molar-refractivity contribution in [3.8, 4) is 0 Å². The average Bonchev–Trinajstić information content (AvgIpc) is 2.35. The van der Waals surface area contributed by atoms with Crippen LogP contribution in [0.5, 0.6) is 0 Å². The highest BCUT2D eigenvalue weighted by atomic mass is 35.5. The molecular formula is C13H20ClN3O. The zero-order valence-electron chi connectivity index (χ0n) is 10.7. The summed E-state index contributed by atoms with van der Waals surface area (Å²) < 4.78 is 5.23. The number of hydrogen-bond donors (Lipinski definition) is 1. The molecule has 0 aromatic carbocycles. The summed E-state index contributed by atoms with van der Waals surface area (Å²) in [5.74, 6) is 1.14. The van der Waals surface area contributed by atoms with Crippen molar-refractivity contribution < 1.29 is 4.74 Å². The van der Waals surface area contributed by atoms with Gasteiger partial charge >= 0.3 is 0 Å². The molecule has 1 atom stereocenters. The lowest BCUT2D eigenvalue weighted by Crippen LogP contribution is -2.36. The Balaban J connectivity index is 1.98. The van der Waals surface area contributed by atoms with E-state index in [0.29, 0.717) is 16.8 Å². The van der Waals surface area contributed by atoms with E-state index in [-0.39, 0.29) is 0 Å². The van der Waals surface area contributed by atoms with Crippen molar-refractivity contribution in [1.29, 1.82) is 0 Å². The van der Waals surface area contributed by atoms with Crippen LogP contribution in [-0.4, -0.2) is 36.7 Å². The Hall–Kier alpha value is -0.840. The fourth-order valence-corrected chi connectivity index (χ4v) is 2.66. The van der Waals surface area contributed by atoms with Gasteiger partial charge < -0.3 is 10.5 Å². The van der Waals surface area contributed by atoms with Gasteiger partial charge in [0.05, 0.1) is 17.3 Å². The van der Waals surface area contributed by atoms with E-state index in [4.69, 9.17) is 22.1 Å². The van der Waals surface area contributed by atoms with Crippen LogP contribution in [0.2, 0.25) is 5.02 Å². The van der Waals surface area contributed by atoms with Gasteiger partial charge in [-0.25, -0.2) is 4.98 Å². The van der Waals surface area contributed by atoms with Crippen LogP contribution in [0.4, 0.5) is 5.82 Å². The Labute approximate surface area is 113 Å². The minimum atomic E-state index is 0.528. The lowest BCUT2D eigenvalue weighted by atomic mass is 9.99. The van der Waals surface area contributed by atoms with E-state index in [1.54, 1.807) is 13.2 Å². The summed E-state index contributed by atoms with van der Waals surface area (Å²) in [7, 11) is 1.76. The number of methoxy groups -OCH3 is 1. The SMILES string of the molecule is COCC1CCCN(Cc2nc(N)ccc2Cl)C1. The number of pyridine rings is 1. The second-order valence-electron chi connectivity index (χ2n) is 4.86. The number of ether oxygens (including phenoxy) is 1. The van der Waals surface area contributed by atoms with Crippen LogP contribution in [-0.2, 0) is 11.3 Å². The topological polar surface area (TPSA) is 51.4 Å². The largest absolute Gasteiger partial charge is 0.384 e. The molecule has 0 bridgehead atoms. The third-order valence-electron chi connectivity index (χ3n) is 3.32. The van der Waals surface area contributed by atoms with Gasteiger partial charge in [0, 0.05) is 20.2 Å². The molecule has 18 heavy (non-hydrogen) atoms. The highest BCUT2D eigenvalue weighted by Gasteiger charge is 2.20. The van der Waals surface area contributed by atoms with Gasteiger partial charge in [-0.15, -0.1) is 0 Å². The zero-order chi connectivity index (χ0) is 13.0. The molecule has 5 heteroatoms. The molecule has 1 aliphatic rings. The van der Waals surface area contributed by atoms with Gasteiger partial charge in [0.2, 0.25) is 0 Å². The maximum Gasteiger partial charge on any atom is 0.123 e. The predicted molar refractivity (Wildman–Crippen MR) is 73.5 cm³/mol. The molecule has 0 radical (unpaired) electrons. The molecule has 2 N–H and O–H groups in total. The molecule has 0 spiro atoms. The van der Waals surface area contributed by atoms with Gasteiger partial charge in [0.1, 0.15) is 5.82 Å². The Bertz CT molecular complexity index is 398. The van der Waals surface area contributed by atoms with E-state index in [2.05, 4.69) is 9.88 Å². The Morgan fingerprint density at radius 1 is 1.56 bits per heavy atom. The molecule has 2 rings (SSSR count). The maximum absolute atomic E-state index is 6.14. The fourth-order valence-electron chi connectivity index (χ4n) is 2.49. The summed E-state index contributed by atoms with van der Waals surface area (Å²) in [6.45, 7) is 3.73. The van der Waals surface area contributed by atoms with E-state index in [9.17, 15) is 0 Å². The summed E-state index contributed by atoms with van der Waals surface area (Å²) in [6.07, 6.45) is 2.44. The van der Waals surface area contributed by atoms with Gasteiger partial charge in [-0.1, -0.05) is 11.6 Å². The minimum absolute atomic E-state index is 0.528. The number of rotatable bonds is 4. The minimum Gasteiger partial charge on any atom is -0.384 e. The molecule has 1 saturated heterocycles. The summed E-state index contributed by atoms with van der Waals surface area (Å²) >= 11 is 6.14. The number of nitrogens with two attached hydrogens (primary N) is 1. The number of likely N-dealkylation sites (tertiary alicyclic amines) is 1. The van der Waals surface area contributed by atoms with Crippen LogP contribution < -0.4 is 5.73 Å². The van der Waals surface area contributed by atoms with Crippen LogP contribution in [0.25, 0.3) is 0 Å². The van der Waals surface area contributed by atoms with Crippen molar-refractivity contribution >= 4 is 17.4 Å². The molecule has 0 aliphatic carbocycles. The third-order valence-corrected chi connectivity index (χ3v) is 3.66. The monoisotopic (exact) mass is 269 g/mol. The zero-order valence-corrected chi connectivity index (χ0v) is 11.5. The number of aromatic nitrogens is 1. The predicted octanol–water partition coefficient (Wildman–Crippen LogP) is 2.18. The molecule has 1 aromatic rings. The van der Waals surface area contributed by atoms with Gasteiger partial charge in [-0.2, -0.15) is 0 Å².